The summed E-state index contributed by atoms with van der Waals surface area (Å²) in [6.07, 6.45) is 2.27. The molecule has 48 valence electrons. The SMILES string of the molecule is CC/C=C(/[O-])OCC.[Li+]. The summed E-state index contributed by atoms with van der Waals surface area (Å²) in [7, 11) is 0. The fourth-order valence-electron chi connectivity index (χ4n) is 0.368. The second-order valence-electron chi connectivity index (χ2n) is 1.36. The molecule has 0 bridgehead atoms. The van der Waals surface area contributed by atoms with E-state index in [4.69, 9.17) is 0 Å². The van der Waals surface area contributed by atoms with Crippen LogP contribution in [0.5, 0.6) is 0 Å². The number of rotatable bonds is 3. The van der Waals surface area contributed by atoms with Crippen molar-refractivity contribution in [1.82, 2.24) is 0 Å². The average molecular weight is 122 g/mol. The molecule has 0 spiro atoms. The largest absolute Gasteiger partial charge is 1.00 e. The smallest absolute Gasteiger partial charge is 0.614 e. The summed E-state index contributed by atoms with van der Waals surface area (Å²) in [5.41, 5.74) is 0. The van der Waals surface area contributed by atoms with Crippen molar-refractivity contribution in [2.24, 2.45) is 0 Å². The van der Waals surface area contributed by atoms with Gasteiger partial charge in [-0.3, -0.25) is 0 Å². The molecule has 0 aliphatic carbocycles. The van der Waals surface area contributed by atoms with Gasteiger partial charge in [0.05, 0.1) is 0 Å². The Balaban J connectivity index is 0. The average Bonchev–Trinajstić information content (AvgIpc) is 1.68. The quantitative estimate of drug-likeness (QED) is 0.310. The first kappa shape index (κ1) is 11.7. The van der Waals surface area contributed by atoms with Crippen LogP contribution >= 0.6 is 0 Å². The fraction of sp³-hybridized carbons (Fsp3) is 0.667. The molecule has 2 nitrogen and oxygen atoms in total. The first-order chi connectivity index (χ1) is 3.81. The van der Waals surface area contributed by atoms with Gasteiger partial charge in [-0.05, 0) is 13.0 Å². The predicted octanol–water partition coefficient (Wildman–Crippen LogP) is -2.36. The van der Waals surface area contributed by atoms with Gasteiger partial charge >= 0.3 is 18.9 Å². The topological polar surface area (TPSA) is 32.3 Å². The molecule has 3 heteroatoms. The molecule has 0 saturated carbocycles. The molecule has 0 aliphatic rings. The molecule has 0 amide bonds. The Kier molecular flexibility index (Phi) is 10.3. The van der Waals surface area contributed by atoms with Gasteiger partial charge in [0.25, 0.3) is 0 Å². The molecule has 0 atom stereocenters. The third kappa shape index (κ3) is 7.94. The van der Waals surface area contributed by atoms with Gasteiger partial charge in [0, 0.05) is 5.95 Å². The van der Waals surface area contributed by atoms with Crippen molar-refractivity contribution < 1.29 is 28.7 Å². The Bertz CT molecular complexity index is 81.1. The van der Waals surface area contributed by atoms with Crippen LogP contribution in [0.25, 0.3) is 0 Å². The van der Waals surface area contributed by atoms with Gasteiger partial charge in [0.15, 0.2) is 0 Å². The summed E-state index contributed by atoms with van der Waals surface area (Å²) in [6.45, 7) is 4.16. The number of hydrogen-bond acceptors (Lipinski definition) is 2. The summed E-state index contributed by atoms with van der Waals surface area (Å²) < 4.78 is 4.59. The molecule has 9 heavy (non-hydrogen) atoms. The van der Waals surface area contributed by atoms with Gasteiger partial charge in [-0.1, -0.05) is 19.9 Å². The van der Waals surface area contributed by atoms with Crippen molar-refractivity contribution in [3.8, 4) is 0 Å². The third-order valence-electron chi connectivity index (χ3n) is 0.657. The Morgan fingerprint density at radius 1 is 1.56 bits per heavy atom. The van der Waals surface area contributed by atoms with Crippen LogP contribution in [0.2, 0.25) is 0 Å². The molecule has 0 N–H and O–H groups in total. The van der Waals surface area contributed by atoms with Gasteiger partial charge in [0.2, 0.25) is 0 Å². The number of hydrogen-bond donors (Lipinski definition) is 0. The van der Waals surface area contributed by atoms with Crippen LogP contribution in [-0.4, -0.2) is 6.61 Å². The summed E-state index contributed by atoms with van der Waals surface area (Å²) in [5, 5.41) is 10.4. The minimum absolute atomic E-state index is 0. The van der Waals surface area contributed by atoms with Crippen LogP contribution in [0.1, 0.15) is 20.3 Å². The van der Waals surface area contributed by atoms with E-state index in [0.717, 1.165) is 6.42 Å². The molecule has 0 aromatic heterocycles. The summed E-state index contributed by atoms with van der Waals surface area (Å²) >= 11 is 0. The maximum Gasteiger partial charge on any atom is 1.00 e. The van der Waals surface area contributed by atoms with E-state index < -0.39 is 0 Å². The number of ether oxygens (including phenoxy) is 1. The molecule has 0 aromatic carbocycles. The molecular weight excluding hydrogens is 111 g/mol. The molecule has 0 heterocycles. The van der Waals surface area contributed by atoms with Crippen LogP contribution in [0.4, 0.5) is 0 Å². The third-order valence-corrected chi connectivity index (χ3v) is 0.657. The van der Waals surface area contributed by atoms with Crippen LogP contribution in [0, 0.1) is 0 Å². The molecule has 0 radical (unpaired) electrons. The Morgan fingerprint density at radius 3 is 2.44 bits per heavy atom. The van der Waals surface area contributed by atoms with Crippen molar-refractivity contribution in [3.05, 3.63) is 12.0 Å². The van der Waals surface area contributed by atoms with E-state index in [2.05, 4.69) is 4.74 Å². The van der Waals surface area contributed by atoms with Gasteiger partial charge < -0.3 is 9.84 Å². The monoisotopic (exact) mass is 122 g/mol. The zero-order chi connectivity index (χ0) is 6.41. The minimum Gasteiger partial charge on any atom is -0.614 e. The van der Waals surface area contributed by atoms with Gasteiger partial charge in [0.1, 0.15) is 0 Å². The molecule has 0 saturated heterocycles. The van der Waals surface area contributed by atoms with Crippen LogP contribution < -0.4 is 24.0 Å². The van der Waals surface area contributed by atoms with Crippen molar-refractivity contribution >= 4 is 0 Å². The Morgan fingerprint density at radius 2 is 2.11 bits per heavy atom. The molecule has 0 aromatic rings. The van der Waals surface area contributed by atoms with Crippen LogP contribution in [0.15, 0.2) is 12.0 Å². The molecule has 0 fully saturated rings. The van der Waals surface area contributed by atoms with E-state index >= 15 is 0 Å². The first-order valence-electron chi connectivity index (χ1n) is 2.81. The minimum atomic E-state index is -0.213. The van der Waals surface area contributed by atoms with E-state index in [1.807, 2.05) is 6.92 Å². The van der Waals surface area contributed by atoms with E-state index in [1.165, 1.54) is 6.08 Å². The van der Waals surface area contributed by atoms with Gasteiger partial charge in [-0.15, -0.1) is 0 Å². The zero-order valence-electron chi connectivity index (χ0n) is 6.31. The summed E-state index contributed by atoms with van der Waals surface area (Å²) in [4.78, 5) is 0. The Labute approximate surface area is 68.1 Å². The maximum absolute atomic E-state index is 10.4. The summed E-state index contributed by atoms with van der Waals surface area (Å²) in [5.74, 6) is -0.213. The molecule has 0 unspecified atom stereocenters. The normalized spacial score (nSPS) is 10.2. The fourth-order valence-corrected chi connectivity index (χ4v) is 0.368. The van der Waals surface area contributed by atoms with Gasteiger partial charge in [-0.25, -0.2) is 0 Å². The summed E-state index contributed by atoms with van der Waals surface area (Å²) in [6, 6.07) is 0. The zero-order valence-corrected chi connectivity index (χ0v) is 6.31. The molecule has 0 rings (SSSR count). The standard InChI is InChI=1S/C6H12O2.Li/c1-3-5-6(7)8-4-2;/h5,7H,3-4H2,1-2H3;/q;+1/p-1/b6-5-;. The number of allylic oxidation sites excluding steroid dienone is 1. The second-order valence-corrected chi connectivity index (χ2v) is 1.36. The van der Waals surface area contributed by atoms with E-state index in [9.17, 15) is 5.11 Å². The van der Waals surface area contributed by atoms with Gasteiger partial charge in [-0.2, -0.15) is 0 Å². The molecular formula is C6H11LiO2. The van der Waals surface area contributed by atoms with E-state index in [1.54, 1.807) is 6.92 Å². The van der Waals surface area contributed by atoms with Crippen molar-refractivity contribution in [3.63, 3.8) is 0 Å². The second kappa shape index (κ2) is 7.94. The van der Waals surface area contributed by atoms with E-state index in [0.29, 0.717) is 6.61 Å². The van der Waals surface area contributed by atoms with Crippen molar-refractivity contribution in [2.45, 2.75) is 20.3 Å². The van der Waals surface area contributed by atoms with Crippen LogP contribution in [0.3, 0.4) is 0 Å². The Hall–Kier alpha value is -0.0626. The predicted molar refractivity (Wildman–Crippen MR) is 30.0 cm³/mol. The molecule has 0 aliphatic heterocycles. The van der Waals surface area contributed by atoms with Crippen molar-refractivity contribution in [1.29, 1.82) is 0 Å². The first-order valence-corrected chi connectivity index (χ1v) is 2.81. The maximum atomic E-state index is 10.4. The van der Waals surface area contributed by atoms with E-state index in [-0.39, 0.29) is 24.8 Å². The van der Waals surface area contributed by atoms with Crippen molar-refractivity contribution in [2.75, 3.05) is 6.61 Å². The van der Waals surface area contributed by atoms with Crippen LogP contribution in [-0.2, 0) is 4.74 Å².